The third kappa shape index (κ3) is 4.32. The first-order valence-corrected chi connectivity index (χ1v) is 11.5. The Hall–Kier alpha value is -2.64. The molecular formula is C24H33FN4O3. The van der Waals surface area contributed by atoms with Crippen LogP contribution in [0.5, 0.6) is 5.75 Å². The fraction of sp³-hybridized carbons (Fsp3) is 0.625. The van der Waals surface area contributed by atoms with Gasteiger partial charge in [0.15, 0.2) is 5.96 Å². The molecule has 0 saturated heterocycles. The quantitative estimate of drug-likeness (QED) is 0.704. The van der Waals surface area contributed by atoms with Gasteiger partial charge in [0, 0.05) is 24.4 Å². The number of ether oxygens (including phenoxy) is 1. The van der Waals surface area contributed by atoms with Gasteiger partial charge in [-0.3, -0.25) is 14.5 Å². The molecule has 7 nitrogen and oxygen atoms in total. The Bertz CT molecular complexity index is 957. The second-order valence-corrected chi connectivity index (χ2v) is 9.99. The van der Waals surface area contributed by atoms with E-state index in [2.05, 4.69) is 10.3 Å². The average molecular weight is 445 g/mol. The summed E-state index contributed by atoms with van der Waals surface area (Å²) < 4.78 is 19.8. The molecule has 2 amide bonds. The largest absolute Gasteiger partial charge is 0.487 e. The van der Waals surface area contributed by atoms with Crippen molar-refractivity contribution in [2.75, 3.05) is 6.54 Å². The predicted molar refractivity (Wildman–Crippen MR) is 119 cm³/mol. The molecule has 0 spiro atoms. The number of nitrogens with one attached hydrogen (secondary N) is 1. The molecule has 2 heterocycles. The Labute approximate surface area is 188 Å². The van der Waals surface area contributed by atoms with Crippen LogP contribution in [0, 0.1) is 17.7 Å². The fourth-order valence-corrected chi connectivity index (χ4v) is 4.94. The second-order valence-electron chi connectivity index (χ2n) is 9.99. The number of rotatable bonds is 6. The zero-order valence-corrected chi connectivity index (χ0v) is 19.3. The smallest absolute Gasteiger partial charge is 0.231 e. The zero-order chi connectivity index (χ0) is 23.3. The van der Waals surface area contributed by atoms with E-state index in [1.165, 1.54) is 17.0 Å². The predicted octanol–water partition coefficient (Wildman–Crippen LogP) is 3.29. The Balaban J connectivity index is 1.41. The van der Waals surface area contributed by atoms with Gasteiger partial charge in [-0.25, -0.2) is 9.38 Å². The molecule has 1 aromatic carbocycles. The lowest BCUT2D eigenvalue weighted by Crippen LogP contribution is -2.52. The highest BCUT2D eigenvalue weighted by Crippen LogP contribution is 2.43. The van der Waals surface area contributed by atoms with Gasteiger partial charge in [-0.05, 0) is 57.2 Å². The van der Waals surface area contributed by atoms with E-state index in [-0.39, 0.29) is 41.5 Å². The van der Waals surface area contributed by atoms with Gasteiger partial charge in [-0.1, -0.05) is 13.8 Å². The number of nitrogens with zero attached hydrogens (tertiary/aromatic N) is 2. The highest BCUT2D eigenvalue weighted by atomic mass is 19.1. The summed E-state index contributed by atoms with van der Waals surface area (Å²) in [6.45, 7) is 8.35. The molecule has 0 radical (unpaired) electrons. The molecule has 1 aliphatic carbocycles. The maximum Gasteiger partial charge on any atom is 0.231 e. The number of hydrogen-bond donors (Lipinski definition) is 2. The van der Waals surface area contributed by atoms with Crippen LogP contribution in [0.2, 0.25) is 0 Å². The summed E-state index contributed by atoms with van der Waals surface area (Å²) in [7, 11) is 0. The second kappa shape index (κ2) is 8.05. The van der Waals surface area contributed by atoms with E-state index in [0.717, 1.165) is 12.8 Å². The zero-order valence-electron chi connectivity index (χ0n) is 19.3. The first kappa shape index (κ1) is 22.6. The topological polar surface area (TPSA) is 97.0 Å². The number of halogens is 1. The standard InChI is InChI=1S/C24H33FN4O3/c1-5-24(6-2)12-20(30)29(22(26)28-24)13-14-9-16(14)21(31)27-18-11-23(3,4)32-19-8-7-15(25)10-17(18)19/h7-8,10,14,16,18H,5-6,9,11-13H2,1-4H3,(H2,26,28)(H,27,31)/t14-,16+,18-/m0/s1. The Kier molecular flexibility index (Phi) is 5.67. The third-order valence-electron chi connectivity index (χ3n) is 7.15. The van der Waals surface area contributed by atoms with Crippen molar-refractivity contribution in [2.45, 2.75) is 77.0 Å². The number of amides is 2. The van der Waals surface area contributed by atoms with Gasteiger partial charge in [0.25, 0.3) is 0 Å². The molecule has 4 rings (SSSR count). The maximum atomic E-state index is 13.8. The summed E-state index contributed by atoms with van der Waals surface area (Å²) in [5.41, 5.74) is 5.93. The monoisotopic (exact) mass is 444 g/mol. The van der Waals surface area contributed by atoms with Crippen LogP contribution in [-0.4, -0.2) is 40.4 Å². The van der Waals surface area contributed by atoms with Gasteiger partial charge < -0.3 is 15.8 Å². The summed E-state index contributed by atoms with van der Waals surface area (Å²) in [6.07, 6.45) is 3.12. The molecule has 0 aromatic heterocycles. The normalized spacial score (nSPS) is 27.8. The lowest BCUT2D eigenvalue weighted by molar-refractivity contribution is -0.130. The number of benzene rings is 1. The van der Waals surface area contributed by atoms with Gasteiger partial charge >= 0.3 is 0 Å². The molecule has 174 valence electrons. The van der Waals surface area contributed by atoms with Crippen LogP contribution in [0.1, 0.15) is 71.4 Å². The number of fused-ring (bicyclic) bond motifs is 1. The highest BCUT2D eigenvalue weighted by molar-refractivity contribution is 5.99. The van der Waals surface area contributed by atoms with Crippen LogP contribution in [0.3, 0.4) is 0 Å². The molecule has 32 heavy (non-hydrogen) atoms. The van der Waals surface area contributed by atoms with Crippen LogP contribution < -0.4 is 15.8 Å². The third-order valence-corrected chi connectivity index (χ3v) is 7.15. The van der Waals surface area contributed by atoms with Crippen molar-refractivity contribution in [1.82, 2.24) is 10.2 Å². The van der Waals surface area contributed by atoms with Gasteiger partial charge in [-0.15, -0.1) is 0 Å². The number of carbonyl (C=O) groups excluding carboxylic acids is 2. The molecule has 0 bridgehead atoms. The van der Waals surface area contributed by atoms with Crippen molar-refractivity contribution in [3.8, 4) is 5.75 Å². The molecule has 2 aliphatic heterocycles. The van der Waals surface area contributed by atoms with Crippen LogP contribution in [0.25, 0.3) is 0 Å². The van der Waals surface area contributed by atoms with Gasteiger partial charge in [0.2, 0.25) is 11.8 Å². The van der Waals surface area contributed by atoms with E-state index in [1.54, 1.807) is 6.07 Å². The fourth-order valence-electron chi connectivity index (χ4n) is 4.94. The van der Waals surface area contributed by atoms with Crippen molar-refractivity contribution in [2.24, 2.45) is 22.6 Å². The Morgan fingerprint density at radius 1 is 1.34 bits per heavy atom. The summed E-state index contributed by atoms with van der Waals surface area (Å²) >= 11 is 0. The van der Waals surface area contributed by atoms with Gasteiger partial charge in [-0.2, -0.15) is 0 Å². The van der Waals surface area contributed by atoms with Crippen molar-refractivity contribution >= 4 is 17.8 Å². The average Bonchev–Trinajstić information content (AvgIpc) is 3.50. The van der Waals surface area contributed by atoms with Crippen LogP contribution in [0.4, 0.5) is 4.39 Å². The molecule has 3 N–H and O–H groups in total. The van der Waals surface area contributed by atoms with Crippen LogP contribution >= 0.6 is 0 Å². The van der Waals surface area contributed by atoms with E-state index in [0.29, 0.717) is 37.1 Å². The molecular weight excluding hydrogens is 411 g/mol. The Morgan fingerprint density at radius 3 is 2.72 bits per heavy atom. The molecule has 1 saturated carbocycles. The summed E-state index contributed by atoms with van der Waals surface area (Å²) in [5.74, 6) is 0.243. The van der Waals surface area contributed by atoms with Crippen LogP contribution in [-0.2, 0) is 9.59 Å². The van der Waals surface area contributed by atoms with Crippen molar-refractivity contribution < 1.29 is 18.7 Å². The van der Waals surface area contributed by atoms with Crippen molar-refractivity contribution in [1.29, 1.82) is 0 Å². The van der Waals surface area contributed by atoms with E-state index in [4.69, 9.17) is 10.5 Å². The van der Waals surface area contributed by atoms with E-state index in [1.807, 2.05) is 27.7 Å². The van der Waals surface area contributed by atoms with Crippen molar-refractivity contribution in [3.05, 3.63) is 29.6 Å². The first-order valence-electron chi connectivity index (χ1n) is 11.5. The summed E-state index contributed by atoms with van der Waals surface area (Å²) in [6, 6.07) is 4.08. The summed E-state index contributed by atoms with van der Waals surface area (Å²) in [4.78, 5) is 31.9. The summed E-state index contributed by atoms with van der Waals surface area (Å²) in [5, 5.41) is 3.09. The highest BCUT2D eigenvalue weighted by Gasteiger charge is 2.48. The first-order chi connectivity index (χ1) is 15.1. The lowest BCUT2D eigenvalue weighted by atomic mass is 9.88. The number of guanidine groups is 1. The molecule has 3 aliphatic rings. The Morgan fingerprint density at radius 2 is 2.06 bits per heavy atom. The minimum Gasteiger partial charge on any atom is -0.487 e. The van der Waals surface area contributed by atoms with Crippen molar-refractivity contribution in [3.63, 3.8) is 0 Å². The van der Waals surface area contributed by atoms with E-state index >= 15 is 0 Å². The van der Waals surface area contributed by atoms with Gasteiger partial charge in [0.1, 0.15) is 17.2 Å². The molecule has 3 atom stereocenters. The van der Waals surface area contributed by atoms with Gasteiger partial charge in [0.05, 0.1) is 18.0 Å². The molecule has 0 unspecified atom stereocenters. The maximum absolute atomic E-state index is 13.8. The SMILES string of the molecule is CCC1(CC)CC(=O)N(C[C@@H]2C[C@H]2C(=O)N[C@H]2CC(C)(C)Oc3ccc(F)cc32)C(N)=N1. The van der Waals surface area contributed by atoms with E-state index < -0.39 is 11.1 Å². The van der Waals surface area contributed by atoms with E-state index in [9.17, 15) is 14.0 Å². The minimum atomic E-state index is -0.470. The number of carbonyl (C=O) groups is 2. The molecule has 1 aromatic rings. The minimum absolute atomic E-state index is 0.0251. The van der Waals surface area contributed by atoms with Crippen LogP contribution in [0.15, 0.2) is 23.2 Å². The molecule has 8 heteroatoms. The molecule has 1 fully saturated rings. The number of nitrogens with two attached hydrogens (primary N) is 1. The number of aliphatic imine (C=N–C) groups is 1. The lowest BCUT2D eigenvalue weighted by Gasteiger charge is -2.38. The number of hydrogen-bond acceptors (Lipinski definition) is 5.